The fourth-order valence-electron chi connectivity index (χ4n) is 2.71. The lowest BCUT2D eigenvalue weighted by atomic mass is 10.2. The predicted molar refractivity (Wildman–Crippen MR) is 118 cm³/mol. The maximum Gasteiger partial charge on any atom is 0.337 e. The van der Waals surface area contributed by atoms with Crippen LogP contribution in [0.1, 0.15) is 20.7 Å². The van der Waals surface area contributed by atoms with Crippen molar-refractivity contribution >= 4 is 57.0 Å². The zero-order chi connectivity index (χ0) is 20.1. The van der Waals surface area contributed by atoms with Crippen LogP contribution in [0.2, 0.25) is 0 Å². The second-order valence-corrected chi connectivity index (χ2v) is 8.73. The highest BCUT2D eigenvalue weighted by Crippen LogP contribution is 2.21. The number of methoxy groups -OCH3 is 1. The molecule has 3 rings (SSSR count). The van der Waals surface area contributed by atoms with Gasteiger partial charge < -0.3 is 9.30 Å². The molecule has 0 aliphatic rings. The van der Waals surface area contributed by atoms with E-state index in [4.69, 9.17) is 4.74 Å². The van der Waals surface area contributed by atoms with Gasteiger partial charge in [-0.05, 0) is 48.9 Å². The van der Waals surface area contributed by atoms with E-state index < -0.39 is 0 Å². The molecule has 1 heterocycles. The molecule has 0 fully saturated rings. The van der Waals surface area contributed by atoms with Crippen LogP contribution < -0.4 is 4.80 Å². The Bertz CT molecular complexity index is 1090. The van der Waals surface area contributed by atoms with E-state index in [1.807, 2.05) is 41.3 Å². The molecule has 0 saturated heterocycles. The van der Waals surface area contributed by atoms with Crippen molar-refractivity contribution in [2.45, 2.75) is 11.4 Å². The number of aryl methyl sites for hydroxylation is 1. The van der Waals surface area contributed by atoms with Crippen LogP contribution in [0.3, 0.4) is 0 Å². The first-order valence-electron chi connectivity index (χ1n) is 8.51. The Kier molecular flexibility index (Phi) is 6.98. The number of thiazole rings is 1. The Morgan fingerprint density at radius 1 is 1.14 bits per heavy atom. The van der Waals surface area contributed by atoms with Gasteiger partial charge in [0.05, 0.1) is 22.9 Å². The molecule has 2 aromatic carbocycles. The number of amides is 1. The standard InChI is InChI=1S/C20H20N2O3S3/c1-25-19(24)14-7-8-16-17(12-14)28-20(22(16)9-10-26-2)21-18(23)13-5-4-6-15(11-13)27-3/h4-8,11-12H,9-10H2,1-3H3. The van der Waals surface area contributed by atoms with Gasteiger partial charge in [-0.3, -0.25) is 4.79 Å². The van der Waals surface area contributed by atoms with Crippen LogP contribution >= 0.6 is 34.9 Å². The minimum Gasteiger partial charge on any atom is -0.465 e. The molecule has 146 valence electrons. The molecule has 3 aromatic rings. The summed E-state index contributed by atoms with van der Waals surface area (Å²) in [6.07, 6.45) is 4.02. The third kappa shape index (κ3) is 4.51. The van der Waals surface area contributed by atoms with Crippen molar-refractivity contribution in [3.63, 3.8) is 0 Å². The van der Waals surface area contributed by atoms with Gasteiger partial charge in [-0.2, -0.15) is 16.8 Å². The Labute approximate surface area is 175 Å². The van der Waals surface area contributed by atoms with Gasteiger partial charge >= 0.3 is 5.97 Å². The van der Waals surface area contributed by atoms with Gasteiger partial charge in [-0.15, -0.1) is 11.8 Å². The van der Waals surface area contributed by atoms with Crippen molar-refractivity contribution in [1.82, 2.24) is 4.57 Å². The topological polar surface area (TPSA) is 60.7 Å². The van der Waals surface area contributed by atoms with E-state index in [-0.39, 0.29) is 11.9 Å². The first-order valence-corrected chi connectivity index (χ1v) is 11.9. The molecule has 8 heteroatoms. The van der Waals surface area contributed by atoms with Crippen LogP contribution in [0.25, 0.3) is 10.2 Å². The van der Waals surface area contributed by atoms with Crippen LogP contribution in [-0.4, -0.2) is 41.8 Å². The van der Waals surface area contributed by atoms with Crippen molar-refractivity contribution in [2.75, 3.05) is 25.4 Å². The number of esters is 1. The van der Waals surface area contributed by atoms with E-state index in [9.17, 15) is 9.59 Å². The number of benzene rings is 2. The van der Waals surface area contributed by atoms with Crippen LogP contribution in [0.5, 0.6) is 0 Å². The molecule has 5 nitrogen and oxygen atoms in total. The fraction of sp³-hybridized carbons (Fsp3) is 0.250. The smallest absolute Gasteiger partial charge is 0.337 e. The maximum atomic E-state index is 12.7. The van der Waals surface area contributed by atoms with Crippen molar-refractivity contribution in [3.8, 4) is 0 Å². The van der Waals surface area contributed by atoms with Gasteiger partial charge in [-0.25, -0.2) is 4.79 Å². The lowest BCUT2D eigenvalue weighted by Gasteiger charge is -2.05. The number of aromatic nitrogens is 1. The monoisotopic (exact) mass is 432 g/mol. The Balaban J connectivity index is 2.10. The maximum absolute atomic E-state index is 12.7. The summed E-state index contributed by atoms with van der Waals surface area (Å²) in [6.45, 7) is 0.732. The molecule has 0 aliphatic heterocycles. The second kappa shape index (κ2) is 9.45. The molecule has 0 spiro atoms. The van der Waals surface area contributed by atoms with E-state index >= 15 is 0 Å². The van der Waals surface area contributed by atoms with Crippen molar-refractivity contribution < 1.29 is 14.3 Å². The number of nitrogens with zero attached hydrogens (tertiary/aromatic N) is 2. The number of carbonyl (C=O) groups excluding carboxylic acids is 2. The summed E-state index contributed by atoms with van der Waals surface area (Å²) in [4.78, 5) is 30.6. The molecule has 0 bridgehead atoms. The average molecular weight is 433 g/mol. The van der Waals surface area contributed by atoms with E-state index in [2.05, 4.69) is 4.99 Å². The van der Waals surface area contributed by atoms with Gasteiger partial charge in [-0.1, -0.05) is 17.4 Å². The Hall–Kier alpha value is -2.03. The number of ether oxygens (including phenoxy) is 1. The third-order valence-electron chi connectivity index (χ3n) is 4.14. The first-order chi connectivity index (χ1) is 13.6. The fourth-order valence-corrected chi connectivity index (χ4v) is 4.63. The number of hydrogen-bond acceptors (Lipinski definition) is 6. The molecule has 0 saturated carbocycles. The minimum absolute atomic E-state index is 0.270. The normalized spacial score (nSPS) is 11.8. The summed E-state index contributed by atoms with van der Waals surface area (Å²) >= 11 is 4.72. The predicted octanol–water partition coefficient (Wildman–Crippen LogP) is 4.32. The van der Waals surface area contributed by atoms with Crippen LogP contribution in [0.4, 0.5) is 0 Å². The lowest BCUT2D eigenvalue weighted by molar-refractivity contribution is 0.0601. The first kappa shape index (κ1) is 20.7. The number of carbonyl (C=O) groups is 2. The quantitative estimate of drug-likeness (QED) is 0.429. The molecule has 0 aliphatic carbocycles. The number of fused-ring (bicyclic) bond motifs is 1. The summed E-state index contributed by atoms with van der Waals surface area (Å²) in [7, 11) is 1.36. The number of thioether (sulfide) groups is 2. The Morgan fingerprint density at radius 3 is 2.68 bits per heavy atom. The Morgan fingerprint density at radius 2 is 1.96 bits per heavy atom. The van der Waals surface area contributed by atoms with Crippen LogP contribution in [0.15, 0.2) is 52.4 Å². The van der Waals surface area contributed by atoms with E-state index in [1.54, 1.807) is 41.7 Å². The lowest BCUT2D eigenvalue weighted by Crippen LogP contribution is -2.18. The summed E-state index contributed by atoms with van der Waals surface area (Å²) in [5.41, 5.74) is 2.01. The highest BCUT2D eigenvalue weighted by molar-refractivity contribution is 7.98. The SMILES string of the molecule is COC(=O)c1ccc2c(c1)sc(=NC(=O)c1cccc(SC)c1)n2CCSC. The molecule has 28 heavy (non-hydrogen) atoms. The van der Waals surface area contributed by atoms with Crippen LogP contribution in [-0.2, 0) is 11.3 Å². The number of rotatable bonds is 6. The second-order valence-electron chi connectivity index (χ2n) is 5.85. The van der Waals surface area contributed by atoms with Gasteiger partial charge in [0, 0.05) is 22.8 Å². The minimum atomic E-state index is -0.380. The van der Waals surface area contributed by atoms with Crippen molar-refractivity contribution in [2.24, 2.45) is 4.99 Å². The molecule has 0 atom stereocenters. The molecule has 0 unspecified atom stereocenters. The zero-order valence-electron chi connectivity index (χ0n) is 15.8. The highest BCUT2D eigenvalue weighted by atomic mass is 32.2. The average Bonchev–Trinajstić information content (AvgIpc) is 3.07. The molecule has 0 N–H and O–H groups in total. The summed E-state index contributed by atoms with van der Waals surface area (Å²) in [5, 5.41) is 0. The molecular weight excluding hydrogens is 412 g/mol. The van der Waals surface area contributed by atoms with E-state index in [0.29, 0.717) is 15.9 Å². The van der Waals surface area contributed by atoms with E-state index in [1.165, 1.54) is 18.4 Å². The van der Waals surface area contributed by atoms with Gasteiger partial charge in [0.1, 0.15) is 0 Å². The van der Waals surface area contributed by atoms with Gasteiger partial charge in [0.15, 0.2) is 4.80 Å². The van der Waals surface area contributed by atoms with Crippen LogP contribution in [0, 0.1) is 0 Å². The zero-order valence-corrected chi connectivity index (χ0v) is 18.2. The molecule has 1 amide bonds. The molecular formula is C20H20N2O3S3. The molecule has 1 aromatic heterocycles. The van der Waals surface area contributed by atoms with Crippen molar-refractivity contribution in [1.29, 1.82) is 0 Å². The highest BCUT2D eigenvalue weighted by Gasteiger charge is 2.13. The summed E-state index contributed by atoms with van der Waals surface area (Å²) < 4.78 is 7.74. The largest absolute Gasteiger partial charge is 0.465 e. The summed E-state index contributed by atoms with van der Waals surface area (Å²) in [6, 6.07) is 12.9. The van der Waals surface area contributed by atoms with Gasteiger partial charge in [0.25, 0.3) is 5.91 Å². The van der Waals surface area contributed by atoms with E-state index in [0.717, 1.165) is 27.4 Å². The summed E-state index contributed by atoms with van der Waals surface area (Å²) in [5.74, 6) is 0.247. The third-order valence-corrected chi connectivity index (χ3v) is 6.49. The molecule has 0 radical (unpaired) electrons. The van der Waals surface area contributed by atoms with Crippen molar-refractivity contribution in [3.05, 3.63) is 58.4 Å². The number of hydrogen-bond donors (Lipinski definition) is 0. The van der Waals surface area contributed by atoms with Gasteiger partial charge in [0.2, 0.25) is 0 Å².